The molecular formula is C15H23N3O3. The molecule has 1 fully saturated rings. The van der Waals surface area contributed by atoms with Gasteiger partial charge in [0.15, 0.2) is 5.75 Å². The molecule has 0 aromatic heterocycles. The van der Waals surface area contributed by atoms with Crippen LogP contribution in [0.15, 0.2) is 18.2 Å². The van der Waals surface area contributed by atoms with Crippen LogP contribution in [0.25, 0.3) is 0 Å². The van der Waals surface area contributed by atoms with Gasteiger partial charge < -0.3 is 10.1 Å². The first-order chi connectivity index (χ1) is 10.0. The zero-order valence-electron chi connectivity index (χ0n) is 12.8. The van der Waals surface area contributed by atoms with Crippen LogP contribution in [0, 0.1) is 10.1 Å². The fourth-order valence-corrected chi connectivity index (χ4v) is 2.37. The van der Waals surface area contributed by atoms with E-state index in [2.05, 4.69) is 24.2 Å². The third-order valence-electron chi connectivity index (χ3n) is 3.89. The van der Waals surface area contributed by atoms with Crippen molar-refractivity contribution in [1.29, 1.82) is 0 Å². The minimum Gasteiger partial charge on any atom is -0.487 e. The van der Waals surface area contributed by atoms with Crippen molar-refractivity contribution in [3.8, 4) is 5.75 Å². The number of nitrogens with zero attached hydrogens (tertiary/aromatic N) is 2. The summed E-state index contributed by atoms with van der Waals surface area (Å²) in [4.78, 5) is 13.2. The third kappa shape index (κ3) is 3.85. The molecule has 1 aliphatic carbocycles. The first-order valence-corrected chi connectivity index (χ1v) is 7.40. The van der Waals surface area contributed by atoms with E-state index in [0.29, 0.717) is 36.7 Å². The van der Waals surface area contributed by atoms with Gasteiger partial charge in [-0.15, -0.1) is 0 Å². The van der Waals surface area contributed by atoms with E-state index in [9.17, 15) is 10.1 Å². The fraction of sp³-hybridized carbons (Fsp3) is 0.600. The molecule has 1 aliphatic rings. The third-order valence-corrected chi connectivity index (χ3v) is 3.89. The predicted molar refractivity (Wildman–Crippen MR) is 83.0 cm³/mol. The molecule has 116 valence electrons. The molecule has 1 N–H and O–H groups in total. The fourth-order valence-electron chi connectivity index (χ4n) is 2.37. The van der Waals surface area contributed by atoms with Gasteiger partial charge in [0, 0.05) is 18.6 Å². The standard InChI is InChI=1S/C15H23N3O3/c1-4-21-14-7-5-6-13(15(14)18(19)20)16-10-11(2)17(3)12-8-9-12/h5-7,11-12,16H,4,8-10H2,1-3H3. The van der Waals surface area contributed by atoms with Crippen LogP contribution in [0.4, 0.5) is 11.4 Å². The summed E-state index contributed by atoms with van der Waals surface area (Å²) in [5.41, 5.74) is 0.530. The van der Waals surface area contributed by atoms with Crippen molar-refractivity contribution >= 4 is 11.4 Å². The van der Waals surface area contributed by atoms with E-state index < -0.39 is 0 Å². The number of benzene rings is 1. The van der Waals surface area contributed by atoms with Crippen molar-refractivity contribution in [2.75, 3.05) is 25.5 Å². The lowest BCUT2D eigenvalue weighted by molar-refractivity contribution is -0.384. The van der Waals surface area contributed by atoms with Gasteiger partial charge in [0.1, 0.15) is 5.69 Å². The van der Waals surface area contributed by atoms with Crippen molar-refractivity contribution in [3.05, 3.63) is 28.3 Å². The molecule has 0 spiro atoms. The Hall–Kier alpha value is -1.82. The van der Waals surface area contributed by atoms with Crippen molar-refractivity contribution in [2.45, 2.75) is 38.8 Å². The molecule has 6 heteroatoms. The van der Waals surface area contributed by atoms with E-state index in [4.69, 9.17) is 4.74 Å². The van der Waals surface area contributed by atoms with Gasteiger partial charge >= 0.3 is 5.69 Å². The first kappa shape index (κ1) is 15.6. The van der Waals surface area contributed by atoms with Crippen molar-refractivity contribution < 1.29 is 9.66 Å². The number of hydrogen-bond donors (Lipinski definition) is 1. The van der Waals surface area contributed by atoms with E-state index in [1.54, 1.807) is 18.2 Å². The highest BCUT2D eigenvalue weighted by molar-refractivity contribution is 5.68. The second kappa shape index (κ2) is 6.76. The average Bonchev–Trinajstić information content (AvgIpc) is 3.28. The van der Waals surface area contributed by atoms with Crippen molar-refractivity contribution in [2.24, 2.45) is 0 Å². The van der Waals surface area contributed by atoms with Gasteiger partial charge in [0.2, 0.25) is 0 Å². The maximum Gasteiger partial charge on any atom is 0.333 e. The smallest absolute Gasteiger partial charge is 0.333 e. The molecule has 21 heavy (non-hydrogen) atoms. The Morgan fingerprint density at radius 3 is 2.81 bits per heavy atom. The maximum absolute atomic E-state index is 11.3. The lowest BCUT2D eigenvalue weighted by atomic mass is 10.2. The topological polar surface area (TPSA) is 67.6 Å². The van der Waals surface area contributed by atoms with Crippen LogP contribution in [-0.2, 0) is 0 Å². The molecule has 0 radical (unpaired) electrons. The van der Waals surface area contributed by atoms with Crippen LogP contribution >= 0.6 is 0 Å². The highest BCUT2D eigenvalue weighted by Gasteiger charge is 2.29. The monoisotopic (exact) mass is 293 g/mol. The Morgan fingerprint density at radius 1 is 1.52 bits per heavy atom. The number of ether oxygens (including phenoxy) is 1. The quantitative estimate of drug-likeness (QED) is 0.589. The summed E-state index contributed by atoms with van der Waals surface area (Å²) in [6, 6.07) is 6.13. The van der Waals surface area contributed by atoms with E-state index in [1.807, 2.05) is 6.92 Å². The summed E-state index contributed by atoms with van der Waals surface area (Å²) in [5.74, 6) is 0.315. The normalized spacial score (nSPS) is 15.8. The minimum atomic E-state index is -0.386. The summed E-state index contributed by atoms with van der Waals surface area (Å²) in [6.45, 7) is 5.02. The molecular weight excluding hydrogens is 270 g/mol. The molecule has 0 aliphatic heterocycles. The van der Waals surface area contributed by atoms with Gasteiger partial charge in [-0.25, -0.2) is 0 Å². The number of nitro groups is 1. The molecule has 1 atom stereocenters. The molecule has 6 nitrogen and oxygen atoms in total. The van der Waals surface area contributed by atoms with Gasteiger partial charge in [-0.05, 0) is 45.9 Å². The van der Waals surface area contributed by atoms with Gasteiger partial charge in [-0.2, -0.15) is 0 Å². The van der Waals surface area contributed by atoms with E-state index in [0.717, 1.165) is 0 Å². The molecule has 1 aromatic rings. The Kier molecular flexibility index (Phi) is 5.01. The summed E-state index contributed by atoms with van der Waals surface area (Å²) >= 11 is 0. The van der Waals surface area contributed by atoms with Crippen LogP contribution in [0.5, 0.6) is 5.75 Å². The summed E-state index contributed by atoms with van der Waals surface area (Å²) in [5, 5.41) is 14.5. The molecule has 0 amide bonds. The van der Waals surface area contributed by atoms with Crippen LogP contribution in [-0.4, -0.2) is 42.1 Å². The van der Waals surface area contributed by atoms with E-state index in [1.165, 1.54) is 12.8 Å². The molecule has 2 rings (SSSR count). The number of nitro benzene ring substituents is 1. The number of hydrogen-bond acceptors (Lipinski definition) is 5. The Morgan fingerprint density at radius 2 is 2.24 bits per heavy atom. The zero-order chi connectivity index (χ0) is 15.4. The molecule has 1 saturated carbocycles. The average molecular weight is 293 g/mol. The van der Waals surface area contributed by atoms with Gasteiger partial charge in [-0.1, -0.05) is 6.07 Å². The number of likely N-dealkylation sites (N-methyl/N-ethyl adjacent to an activating group) is 1. The molecule has 0 heterocycles. The predicted octanol–water partition coefficient (Wildman–Crippen LogP) is 2.89. The summed E-state index contributed by atoms with van der Waals surface area (Å²) in [6.07, 6.45) is 2.50. The Balaban J connectivity index is 2.07. The maximum atomic E-state index is 11.3. The number of para-hydroxylation sites is 1. The van der Waals surface area contributed by atoms with Crippen LogP contribution < -0.4 is 10.1 Å². The second-order valence-corrected chi connectivity index (χ2v) is 5.47. The first-order valence-electron chi connectivity index (χ1n) is 7.40. The number of rotatable bonds is 8. The molecule has 1 aromatic carbocycles. The highest BCUT2D eigenvalue weighted by Crippen LogP contribution is 2.35. The number of nitrogens with one attached hydrogen (secondary N) is 1. The molecule has 0 bridgehead atoms. The van der Waals surface area contributed by atoms with E-state index >= 15 is 0 Å². The van der Waals surface area contributed by atoms with Gasteiger partial charge in [-0.3, -0.25) is 15.0 Å². The Bertz CT molecular complexity index is 503. The lowest BCUT2D eigenvalue weighted by Gasteiger charge is -2.25. The van der Waals surface area contributed by atoms with Crippen molar-refractivity contribution in [3.63, 3.8) is 0 Å². The molecule has 1 unspecified atom stereocenters. The summed E-state index contributed by atoms with van der Waals surface area (Å²) in [7, 11) is 2.11. The molecule has 0 saturated heterocycles. The van der Waals surface area contributed by atoms with Crippen LogP contribution in [0.1, 0.15) is 26.7 Å². The lowest BCUT2D eigenvalue weighted by Crippen LogP contribution is -2.36. The second-order valence-electron chi connectivity index (χ2n) is 5.47. The Labute approximate surface area is 125 Å². The highest BCUT2D eigenvalue weighted by atomic mass is 16.6. The van der Waals surface area contributed by atoms with Gasteiger partial charge in [0.05, 0.1) is 11.5 Å². The zero-order valence-corrected chi connectivity index (χ0v) is 12.8. The largest absolute Gasteiger partial charge is 0.487 e. The summed E-state index contributed by atoms with van der Waals surface area (Å²) < 4.78 is 5.35. The SMILES string of the molecule is CCOc1cccc(NCC(C)N(C)C2CC2)c1[N+](=O)[O-]. The van der Waals surface area contributed by atoms with Crippen molar-refractivity contribution in [1.82, 2.24) is 4.90 Å². The number of anilines is 1. The van der Waals surface area contributed by atoms with E-state index in [-0.39, 0.29) is 10.6 Å². The minimum absolute atomic E-state index is 0.0145. The van der Waals surface area contributed by atoms with Crippen LogP contribution in [0.3, 0.4) is 0 Å². The van der Waals surface area contributed by atoms with Crippen LogP contribution in [0.2, 0.25) is 0 Å². The van der Waals surface area contributed by atoms with Gasteiger partial charge in [0.25, 0.3) is 0 Å².